The number of benzene rings is 2. The lowest BCUT2D eigenvalue weighted by Crippen LogP contribution is -2.25. The van der Waals surface area contributed by atoms with Crippen LogP contribution in [0.2, 0.25) is 0 Å². The largest absolute Gasteiger partial charge is 0.464 e. The molecule has 0 spiro atoms. The molecule has 0 aromatic heterocycles. The molecule has 0 radical (unpaired) electrons. The van der Waals surface area contributed by atoms with Gasteiger partial charge in [0, 0.05) is 11.6 Å². The van der Waals surface area contributed by atoms with Crippen molar-refractivity contribution >= 4 is 11.7 Å². The molecule has 1 aliphatic heterocycles. The van der Waals surface area contributed by atoms with Gasteiger partial charge in [0.1, 0.15) is 0 Å². The van der Waals surface area contributed by atoms with E-state index in [1.54, 1.807) is 0 Å². The molecule has 25 heavy (non-hydrogen) atoms. The summed E-state index contributed by atoms with van der Waals surface area (Å²) >= 11 is 0. The maximum absolute atomic E-state index is 12.5. The van der Waals surface area contributed by atoms with Crippen molar-refractivity contribution in [3.63, 3.8) is 0 Å². The average Bonchev–Trinajstić information content (AvgIpc) is 3.08. The molecule has 0 saturated heterocycles. The standard InChI is InChI=1S/C22H25NO2/c1-4-16-8-12-17(13-9-16)19-14-20(18-10-6-15(3)7-11-18)23-21(19)22(24)25-5-2/h6-13,19,21H,4-5,14H2,1-3H3. The van der Waals surface area contributed by atoms with Crippen LogP contribution in [-0.2, 0) is 16.0 Å². The number of carbonyl (C=O) groups excluding carboxylic acids is 1. The Balaban J connectivity index is 1.91. The fourth-order valence-electron chi connectivity index (χ4n) is 3.31. The summed E-state index contributed by atoms with van der Waals surface area (Å²) in [5.41, 5.74) is 5.75. The molecule has 1 heterocycles. The zero-order chi connectivity index (χ0) is 17.8. The predicted octanol–water partition coefficient (Wildman–Crippen LogP) is 4.47. The van der Waals surface area contributed by atoms with Crippen LogP contribution in [0, 0.1) is 6.92 Å². The fourth-order valence-corrected chi connectivity index (χ4v) is 3.31. The summed E-state index contributed by atoms with van der Waals surface area (Å²) in [6, 6.07) is 16.4. The Kier molecular flexibility index (Phi) is 5.32. The van der Waals surface area contributed by atoms with Crippen LogP contribution < -0.4 is 0 Å². The third-order valence-electron chi connectivity index (χ3n) is 4.82. The molecule has 1 aliphatic rings. The number of nitrogens with zero attached hydrogens (tertiary/aromatic N) is 1. The van der Waals surface area contributed by atoms with Gasteiger partial charge in [0.05, 0.1) is 6.61 Å². The van der Waals surface area contributed by atoms with Gasteiger partial charge in [0.15, 0.2) is 6.04 Å². The molecule has 0 N–H and O–H groups in total. The van der Waals surface area contributed by atoms with Crippen LogP contribution in [0.5, 0.6) is 0 Å². The second kappa shape index (κ2) is 7.64. The first-order valence-corrected chi connectivity index (χ1v) is 9.01. The fraction of sp³-hybridized carbons (Fsp3) is 0.364. The summed E-state index contributed by atoms with van der Waals surface area (Å²) < 4.78 is 5.28. The van der Waals surface area contributed by atoms with Gasteiger partial charge in [-0.3, -0.25) is 4.99 Å². The van der Waals surface area contributed by atoms with Crippen LogP contribution in [0.15, 0.2) is 53.5 Å². The van der Waals surface area contributed by atoms with E-state index in [1.165, 1.54) is 11.1 Å². The number of ether oxygens (including phenoxy) is 1. The van der Waals surface area contributed by atoms with Crippen molar-refractivity contribution < 1.29 is 9.53 Å². The highest BCUT2D eigenvalue weighted by molar-refractivity contribution is 6.04. The minimum Gasteiger partial charge on any atom is -0.464 e. The number of hydrogen-bond acceptors (Lipinski definition) is 3. The van der Waals surface area contributed by atoms with Gasteiger partial charge in [-0.05, 0) is 43.4 Å². The number of esters is 1. The molecule has 130 valence electrons. The maximum Gasteiger partial charge on any atom is 0.331 e. The minimum absolute atomic E-state index is 0.0428. The summed E-state index contributed by atoms with van der Waals surface area (Å²) in [7, 11) is 0. The number of carbonyl (C=O) groups is 1. The van der Waals surface area contributed by atoms with Gasteiger partial charge in [-0.2, -0.15) is 0 Å². The first-order chi connectivity index (χ1) is 12.1. The van der Waals surface area contributed by atoms with Crippen molar-refractivity contribution in [2.75, 3.05) is 6.61 Å². The van der Waals surface area contributed by atoms with Crippen molar-refractivity contribution in [1.82, 2.24) is 0 Å². The Bertz CT molecular complexity index is 760. The van der Waals surface area contributed by atoms with Gasteiger partial charge in [0.2, 0.25) is 0 Å². The average molecular weight is 335 g/mol. The SMILES string of the molecule is CCOC(=O)C1N=C(c2ccc(C)cc2)CC1c1ccc(CC)cc1. The monoisotopic (exact) mass is 335 g/mol. The molecule has 2 aromatic carbocycles. The van der Waals surface area contributed by atoms with Gasteiger partial charge in [0.25, 0.3) is 0 Å². The molecule has 3 heteroatoms. The molecule has 2 atom stereocenters. The van der Waals surface area contributed by atoms with Crippen molar-refractivity contribution in [3.8, 4) is 0 Å². The lowest BCUT2D eigenvalue weighted by molar-refractivity contribution is -0.144. The predicted molar refractivity (Wildman–Crippen MR) is 101 cm³/mol. The first-order valence-electron chi connectivity index (χ1n) is 9.01. The summed E-state index contributed by atoms with van der Waals surface area (Å²) in [6.45, 7) is 6.43. The number of aryl methyl sites for hydroxylation is 2. The molecule has 0 bridgehead atoms. The molecular weight excluding hydrogens is 310 g/mol. The van der Waals surface area contributed by atoms with E-state index in [-0.39, 0.29) is 11.9 Å². The van der Waals surface area contributed by atoms with Gasteiger partial charge in [-0.15, -0.1) is 0 Å². The van der Waals surface area contributed by atoms with E-state index in [9.17, 15) is 4.79 Å². The van der Waals surface area contributed by atoms with E-state index in [2.05, 4.69) is 62.4 Å². The third kappa shape index (κ3) is 3.81. The number of hydrogen-bond donors (Lipinski definition) is 0. The lowest BCUT2D eigenvalue weighted by Gasteiger charge is -2.17. The van der Waals surface area contributed by atoms with Crippen LogP contribution in [0.1, 0.15) is 48.4 Å². The second-order valence-corrected chi connectivity index (χ2v) is 6.54. The molecular formula is C22H25NO2. The Morgan fingerprint density at radius 1 is 1.08 bits per heavy atom. The highest BCUT2D eigenvalue weighted by Gasteiger charge is 2.37. The summed E-state index contributed by atoms with van der Waals surface area (Å²) in [5, 5.41) is 0. The van der Waals surface area contributed by atoms with Crippen LogP contribution in [-0.4, -0.2) is 24.3 Å². The minimum atomic E-state index is -0.455. The molecule has 0 aliphatic carbocycles. The first kappa shape index (κ1) is 17.4. The Morgan fingerprint density at radius 3 is 2.36 bits per heavy atom. The second-order valence-electron chi connectivity index (χ2n) is 6.54. The van der Waals surface area contributed by atoms with Gasteiger partial charge < -0.3 is 4.74 Å². The van der Waals surface area contributed by atoms with E-state index in [0.717, 1.165) is 29.7 Å². The Morgan fingerprint density at radius 2 is 1.76 bits per heavy atom. The normalized spacial score (nSPS) is 19.6. The highest BCUT2D eigenvalue weighted by atomic mass is 16.5. The molecule has 0 saturated carbocycles. The van der Waals surface area contributed by atoms with E-state index in [4.69, 9.17) is 9.73 Å². The van der Waals surface area contributed by atoms with Gasteiger partial charge >= 0.3 is 5.97 Å². The van der Waals surface area contributed by atoms with E-state index in [0.29, 0.717) is 6.61 Å². The van der Waals surface area contributed by atoms with Gasteiger partial charge in [-0.1, -0.05) is 61.0 Å². The summed E-state index contributed by atoms with van der Waals surface area (Å²) in [6.07, 6.45) is 1.77. The van der Waals surface area contributed by atoms with Crippen molar-refractivity contribution in [3.05, 3.63) is 70.8 Å². The third-order valence-corrected chi connectivity index (χ3v) is 4.82. The quantitative estimate of drug-likeness (QED) is 0.756. The van der Waals surface area contributed by atoms with Crippen LogP contribution >= 0.6 is 0 Å². The molecule has 0 amide bonds. The van der Waals surface area contributed by atoms with E-state index >= 15 is 0 Å². The number of rotatable bonds is 5. The highest BCUT2D eigenvalue weighted by Crippen LogP contribution is 2.34. The topological polar surface area (TPSA) is 38.7 Å². The summed E-state index contributed by atoms with van der Waals surface area (Å²) in [4.78, 5) is 17.2. The Hall–Kier alpha value is -2.42. The van der Waals surface area contributed by atoms with Gasteiger partial charge in [-0.25, -0.2) is 4.79 Å². The van der Waals surface area contributed by atoms with Crippen LogP contribution in [0.3, 0.4) is 0 Å². The molecule has 3 nitrogen and oxygen atoms in total. The van der Waals surface area contributed by atoms with Crippen molar-refractivity contribution in [2.24, 2.45) is 4.99 Å². The maximum atomic E-state index is 12.5. The van der Waals surface area contributed by atoms with E-state index in [1.807, 2.05) is 6.92 Å². The number of aliphatic imine (C=N–C) groups is 1. The van der Waals surface area contributed by atoms with E-state index < -0.39 is 6.04 Å². The van der Waals surface area contributed by atoms with Crippen molar-refractivity contribution in [1.29, 1.82) is 0 Å². The Labute approximate surface area is 149 Å². The molecule has 2 unspecified atom stereocenters. The molecule has 2 aromatic rings. The molecule has 3 rings (SSSR count). The van der Waals surface area contributed by atoms with Crippen LogP contribution in [0.4, 0.5) is 0 Å². The zero-order valence-electron chi connectivity index (χ0n) is 15.2. The van der Waals surface area contributed by atoms with Crippen molar-refractivity contribution in [2.45, 2.75) is 45.6 Å². The lowest BCUT2D eigenvalue weighted by atomic mass is 9.88. The molecule has 0 fully saturated rings. The summed E-state index contributed by atoms with van der Waals surface area (Å²) in [5.74, 6) is -0.185. The smallest absolute Gasteiger partial charge is 0.331 e. The zero-order valence-corrected chi connectivity index (χ0v) is 15.2. The van der Waals surface area contributed by atoms with Crippen LogP contribution in [0.25, 0.3) is 0 Å².